The quantitative estimate of drug-likeness (QED) is 0.565. The molecule has 0 aromatic heterocycles. The van der Waals surface area contributed by atoms with E-state index in [1.807, 2.05) is 20.8 Å². The Balaban J connectivity index is 2.88. The molecule has 0 heterocycles. The molecule has 0 saturated heterocycles. The molecule has 0 aliphatic rings. The number of aliphatic hydroxyl groups excluding tert-OH is 1. The molecule has 112 valence electrons. The van der Waals surface area contributed by atoms with Crippen molar-refractivity contribution in [2.24, 2.45) is 0 Å². The Kier molecular flexibility index (Phi) is 6.24. The van der Waals surface area contributed by atoms with Crippen molar-refractivity contribution in [1.82, 2.24) is 0 Å². The van der Waals surface area contributed by atoms with Crippen LogP contribution in [0, 0.1) is 10.1 Å². The number of nitrogens with one attached hydrogen (secondary N) is 1. The fourth-order valence-electron chi connectivity index (χ4n) is 1.87. The van der Waals surface area contributed by atoms with E-state index in [1.54, 1.807) is 6.07 Å². The Bertz CT molecular complexity index is 449. The SMILES string of the molecule is CC(CCCO)Nc1cc(OC(C)C)cc([N+](=O)[O-])c1. The highest BCUT2D eigenvalue weighted by atomic mass is 16.6. The molecule has 0 aliphatic carbocycles. The molecule has 2 N–H and O–H groups in total. The molecule has 6 nitrogen and oxygen atoms in total. The highest BCUT2D eigenvalue weighted by Crippen LogP contribution is 2.27. The Morgan fingerprint density at radius 2 is 2.05 bits per heavy atom. The Labute approximate surface area is 118 Å². The van der Waals surface area contributed by atoms with Gasteiger partial charge in [0.15, 0.2) is 0 Å². The molecule has 6 heteroatoms. The molecule has 0 saturated carbocycles. The zero-order chi connectivity index (χ0) is 15.1. The normalized spacial score (nSPS) is 12.2. The van der Waals surface area contributed by atoms with E-state index >= 15 is 0 Å². The minimum Gasteiger partial charge on any atom is -0.491 e. The molecule has 1 aromatic rings. The van der Waals surface area contributed by atoms with Gasteiger partial charge in [-0.1, -0.05) is 0 Å². The van der Waals surface area contributed by atoms with E-state index < -0.39 is 4.92 Å². The minimum atomic E-state index is -0.434. The second-order valence-corrected chi connectivity index (χ2v) is 5.05. The van der Waals surface area contributed by atoms with Crippen LogP contribution in [0.25, 0.3) is 0 Å². The third-order valence-electron chi connectivity index (χ3n) is 2.68. The zero-order valence-corrected chi connectivity index (χ0v) is 12.1. The molecule has 1 unspecified atom stereocenters. The van der Waals surface area contributed by atoms with Crippen molar-refractivity contribution < 1.29 is 14.8 Å². The lowest BCUT2D eigenvalue weighted by atomic mass is 10.1. The van der Waals surface area contributed by atoms with E-state index in [2.05, 4.69) is 5.32 Å². The number of anilines is 1. The maximum absolute atomic E-state index is 10.9. The van der Waals surface area contributed by atoms with E-state index in [-0.39, 0.29) is 24.4 Å². The van der Waals surface area contributed by atoms with Crippen LogP contribution in [-0.4, -0.2) is 28.8 Å². The lowest BCUT2D eigenvalue weighted by Crippen LogP contribution is -2.16. The first-order valence-electron chi connectivity index (χ1n) is 6.76. The molecule has 1 aromatic carbocycles. The van der Waals surface area contributed by atoms with Crippen LogP contribution in [0.3, 0.4) is 0 Å². The highest BCUT2D eigenvalue weighted by molar-refractivity contribution is 5.56. The largest absolute Gasteiger partial charge is 0.491 e. The number of benzene rings is 1. The lowest BCUT2D eigenvalue weighted by Gasteiger charge is -2.16. The topological polar surface area (TPSA) is 84.6 Å². The first-order chi connectivity index (χ1) is 9.42. The average Bonchev–Trinajstić information content (AvgIpc) is 2.35. The molecule has 0 fully saturated rings. The molecule has 0 amide bonds. The fraction of sp³-hybridized carbons (Fsp3) is 0.571. The van der Waals surface area contributed by atoms with Crippen LogP contribution in [0.2, 0.25) is 0 Å². The van der Waals surface area contributed by atoms with Crippen molar-refractivity contribution in [3.05, 3.63) is 28.3 Å². The summed E-state index contributed by atoms with van der Waals surface area (Å²) in [5, 5.41) is 22.9. The molecule has 0 spiro atoms. The van der Waals surface area contributed by atoms with Gasteiger partial charge in [-0.25, -0.2) is 0 Å². The van der Waals surface area contributed by atoms with Gasteiger partial charge in [0.1, 0.15) is 5.75 Å². The summed E-state index contributed by atoms with van der Waals surface area (Å²) in [5.74, 6) is 0.478. The number of rotatable bonds is 8. The van der Waals surface area contributed by atoms with Crippen LogP contribution in [0.4, 0.5) is 11.4 Å². The second kappa shape index (κ2) is 7.69. The number of nitro benzene ring substituents is 1. The van der Waals surface area contributed by atoms with Crippen molar-refractivity contribution in [3.8, 4) is 5.75 Å². The summed E-state index contributed by atoms with van der Waals surface area (Å²) < 4.78 is 5.52. The van der Waals surface area contributed by atoms with Crippen molar-refractivity contribution in [2.75, 3.05) is 11.9 Å². The minimum absolute atomic E-state index is 0.00000758. The number of nitrogens with zero attached hydrogens (tertiary/aromatic N) is 1. The third kappa shape index (κ3) is 5.44. The van der Waals surface area contributed by atoms with Crippen molar-refractivity contribution in [3.63, 3.8) is 0 Å². The highest BCUT2D eigenvalue weighted by Gasteiger charge is 2.12. The van der Waals surface area contributed by atoms with Crippen molar-refractivity contribution in [1.29, 1.82) is 0 Å². The van der Waals surface area contributed by atoms with Gasteiger partial charge in [0, 0.05) is 30.5 Å². The summed E-state index contributed by atoms with van der Waals surface area (Å²) in [4.78, 5) is 10.5. The number of ether oxygens (including phenoxy) is 1. The number of aliphatic hydroxyl groups is 1. The van der Waals surface area contributed by atoms with Crippen LogP contribution in [-0.2, 0) is 0 Å². The number of hydrogen-bond acceptors (Lipinski definition) is 5. The summed E-state index contributed by atoms with van der Waals surface area (Å²) in [6.45, 7) is 5.85. The molecular weight excluding hydrogens is 260 g/mol. The van der Waals surface area contributed by atoms with Gasteiger partial charge in [0.05, 0.1) is 17.1 Å². The Hall–Kier alpha value is -1.82. The standard InChI is InChI=1S/C14H22N2O4/c1-10(2)20-14-8-12(7-13(9-14)16(18)19)15-11(3)5-4-6-17/h7-11,15,17H,4-6H2,1-3H3. The van der Waals surface area contributed by atoms with Gasteiger partial charge in [-0.2, -0.15) is 0 Å². The smallest absolute Gasteiger partial charge is 0.275 e. The molecule has 20 heavy (non-hydrogen) atoms. The van der Waals surface area contributed by atoms with Crippen LogP contribution < -0.4 is 10.1 Å². The number of nitro groups is 1. The summed E-state index contributed by atoms with van der Waals surface area (Å²) in [5.41, 5.74) is 0.653. The number of hydrogen-bond donors (Lipinski definition) is 2. The second-order valence-electron chi connectivity index (χ2n) is 5.05. The lowest BCUT2D eigenvalue weighted by molar-refractivity contribution is -0.384. The Morgan fingerprint density at radius 3 is 2.60 bits per heavy atom. The van der Waals surface area contributed by atoms with E-state index in [0.717, 1.165) is 6.42 Å². The predicted octanol–water partition coefficient (Wildman–Crippen LogP) is 2.95. The van der Waals surface area contributed by atoms with Gasteiger partial charge in [-0.3, -0.25) is 10.1 Å². The van der Waals surface area contributed by atoms with E-state index in [0.29, 0.717) is 17.9 Å². The van der Waals surface area contributed by atoms with Crippen LogP contribution >= 0.6 is 0 Å². The maximum Gasteiger partial charge on any atom is 0.275 e. The van der Waals surface area contributed by atoms with E-state index in [4.69, 9.17) is 9.84 Å². The molecular formula is C14H22N2O4. The van der Waals surface area contributed by atoms with Crippen molar-refractivity contribution >= 4 is 11.4 Å². The fourth-order valence-corrected chi connectivity index (χ4v) is 1.87. The number of non-ortho nitro benzene ring substituents is 1. The maximum atomic E-state index is 10.9. The molecule has 0 radical (unpaired) electrons. The molecule has 0 aliphatic heterocycles. The first-order valence-corrected chi connectivity index (χ1v) is 6.76. The van der Waals surface area contributed by atoms with Crippen LogP contribution in [0.5, 0.6) is 5.75 Å². The summed E-state index contributed by atoms with van der Waals surface area (Å²) in [6, 6.07) is 4.78. The molecule has 0 bridgehead atoms. The van der Waals surface area contributed by atoms with Crippen LogP contribution in [0.15, 0.2) is 18.2 Å². The van der Waals surface area contributed by atoms with Gasteiger partial charge in [-0.05, 0) is 33.6 Å². The van der Waals surface area contributed by atoms with Gasteiger partial charge < -0.3 is 15.2 Å². The predicted molar refractivity (Wildman–Crippen MR) is 78.3 cm³/mol. The summed E-state index contributed by atoms with van der Waals surface area (Å²) in [6.07, 6.45) is 1.44. The summed E-state index contributed by atoms with van der Waals surface area (Å²) >= 11 is 0. The first kappa shape index (κ1) is 16.2. The van der Waals surface area contributed by atoms with Gasteiger partial charge in [0.25, 0.3) is 5.69 Å². The van der Waals surface area contributed by atoms with E-state index in [9.17, 15) is 10.1 Å². The monoisotopic (exact) mass is 282 g/mol. The molecule has 1 rings (SSSR count). The third-order valence-corrected chi connectivity index (χ3v) is 2.68. The van der Waals surface area contributed by atoms with Gasteiger partial charge in [0.2, 0.25) is 0 Å². The van der Waals surface area contributed by atoms with Crippen LogP contribution in [0.1, 0.15) is 33.6 Å². The molecule has 1 atom stereocenters. The zero-order valence-electron chi connectivity index (χ0n) is 12.1. The van der Waals surface area contributed by atoms with Crippen molar-refractivity contribution in [2.45, 2.75) is 45.8 Å². The summed E-state index contributed by atoms with van der Waals surface area (Å²) in [7, 11) is 0. The Morgan fingerprint density at radius 1 is 1.35 bits per heavy atom. The van der Waals surface area contributed by atoms with E-state index in [1.165, 1.54) is 12.1 Å². The van der Waals surface area contributed by atoms with Gasteiger partial charge >= 0.3 is 0 Å². The average molecular weight is 282 g/mol. The van der Waals surface area contributed by atoms with Gasteiger partial charge in [-0.15, -0.1) is 0 Å².